The van der Waals surface area contributed by atoms with Crippen LogP contribution in [0, 0.1) is 12.3 Å². The minimum atomic E-state index is -0.241. The van der Waals surface area contributed by atoms with Crippen molar-refractivity contribution >= 4 is 11.6 Å². The van der Waals surface area contributed by atoms with E-state index in [4.69, 9.17) is 4.42 Å². The summed E-state index contributed by atoms with van der Waals surface area (Å²) in [4.78, 5) is 11.7. The van der Waals surface area contributed by atoms with Gasteiger partial charge in [0, 0.05) is 11.1 Å². The van der Waals surface area contributed by atoms with Gasteiger partial charge in [-0.3, -0.25) is 4.79 Å². The molecule has 0 radical (unpaired) electrons. The van der Waals surface area contributed by atoms with E-state index in [0.717, 1.165) is 5.71 Å². The first-order chi connectivity index (χ1) is 7.32. The first kappa shape index (κ1) is 12.5. The minimum absolute atomic E-state index is 0.0429. The monoisotopic (exact) mass is 222 g/mol. The summed E-state index contributed by atoms with van der Waals surface area (Å²) < 4.78 is 5.05. The molecule has 0 saturated carbocycles. The molecule has 0 aliphatic heterocycles. The van der Waals surface area contributed by atoms with Gasteiger partial charge in [0.2, 0.25) is 0 Å². The van der Waals surface area contributed by atoms with E-state index in [2.05, 4.69) is 10.5 Å². The Morgan fingerprint density at radius 3 is 2.50 bits per heavy atom. The van der Waals surface area contributed by atoms with Crippen molar-refractivity contribution < 1.29 is 9.21 Å². The first-order valence-electron chi connectivity index (χ1n) is 5.21. The van der Waals surface area contributed by atoms with Crippen molar-refractivity contribution in [1.82, 2.24) is 5.43 Å². The third kappa shape index (κ3) is 2.95. The normalized spacial score (nSPS) is 12.7. The number of hydrogen-bond acceptors (Lipinski definition) is 3. The molecule has 1 heterocycles. The molecule has 1 rings (SSSR count). The molecular weight excluding hydrogens is 204 g/mol. The van der Waals surface area contributed by atoms with E-state index in [0.29, 0.717) is 11.3 Å². The lowest BCUT2D eigenvalue weighted by atomic mass is 9.91. The van der Waals surface area contributed by atoms with Crippen LogP contribution in [0.2, 0.25) is 0 Å². The van der Waals surface area contributed by atoms with Gasteiger partial charge in [-0.2, -0.15) is 5.10 Å². The molecular formula is C12H18N2O2. The van der Waals surface area contributed by atoms with E-state index in [1.165, 1.54) is 6.26 Å². The molecule has 0 aromatic carbocycles. The van der Waals surface area contributed by atoms with Crippen LogP contribution in [0.5, 0.6) is 0 Å². The van der Waals surface area contributed by atoms with Crippen LogP contribution in [0.1, 0.15) is 43.8 Å². The highest BCUT2D eigenvalue weighted by Gasteiger charge is 2.15. The average Bonchev–Trinajstić information content (AvgIpc) is 2.58. The van der Waals surface area contributed by atoms with Crippen LogP contribution in [-0.2, 0) is 0 Å². The molecule has 4 heteroatoms. The second kappa shape index (κ2) is 4.51. The number of carbonyl (C=O) groups excluding carboxylic acids is 1. The van der Waals surface area contributed by atoms with Crippen molar-refractivity contribution in [3.05, 3.63) is 23.7 Å². The smallest absolute Gasteiger partial charge is 0.274 e. The highest BCUT2D eigenvalue weighted by Crippen LogP contribution is 2.15. The number of hydrogen-bond donors (Lipinski definition) is 1. The summed E-state index contributed by atoms with van der Waals surface area (Å²) in [6.07, 6.45) is 1.49. The van der Waals surface area contributed by atoms with Crippen LogP contribution < -0.4 is 5.43 Å². The minimum Gasteiger partial charge on any atom is -0.469 e. The topological polar surface area (TPSA) is 54.6 Å². The summed E-state index contributed by atoms with van der Waals surface area (Å²) >= 11 is 0. The number of nitrogens with one attached hydrogen (secondary N) is 1. The molecule has 0 fully saturated rings. The van der Waals surface area contributed by atoms with Gasteiger partial charge in [-0.25, -0.2) is 5.43 Å². The molecule has 1 amide bonds. The zero-order valence-corrected chi connectivity index (χ0v) is 10.4. The second-order valence-corrected chi connectivity index (χ2v) is 4.78. The molecule has 1 aromatic rings. The molecule has 0 bridgehead atoms. The fourth-order valence-corrected chi connectivity index (χ4v) is 0.983. The Labute approximate surface area is 95.7 Å². The summed E-state index contributed by atoms with van der Waals surface area (Å²) in [7, 11) is 0. The van der Waals surface area contributed by atoms with E-state index < -0.39 is 0 Å². The Bertz CT molecular complexity index is 411. The van der Waals surface area contributed by atoms with Gasteiger partial charge in [0.15, 0.2) is 0 Å². The number of carbonyl (C=O) groups is 1. The summed E-state index contributed by atoms with van der Waals surface area (Å²) in [5, 5.41) is 4.07. The van der Waals surface area contributed by atoms with Gasteiger partial charge >= 0.3 is 0 Å². The average molecular weight is 222 g/mol. The summed E-state index contributed by atoms with van der Waals surface area (Å²) in [6, 6.07) is 1.63. The molecule has 0 atom stereocenters. The number of furan rings is 1. The van der Waals surface area contributed by atoms with E-state index >= 15 is 0 Å². The Balaban J connectivity index is 2.71. The van der Waals surface area contributed by atoms with Crippen molar-refractivity contribution in [2.75, 3.05) is 0 Å². The first-order valence-corrected chi connectivity index (χ1v) is 5.21. The highest BCUT2D eigenvalue weighted by molar-refractivity contribution is 5.96. The molecule has 0 spiro atoms. The van der Waals surface area contributed by atoms with Crippen LogP contribution in [-0.4, -0.2) is 11.6 Å². The molecule has 0 unspecified atom stereocenters. The van der Waals surface area contributed by atoms with Gasteiger partial charge in [-0.1, -0.05) is 20.8 Å². The van der Waals surface area contributed by atoms with Gasteiger partial charge < -0.3 is 4.42 Å². The molecule has 1 N–H and O–H groups in total. The Morgan fingerprint density at radius 2 is 2.06 bits per heavy atom. The highest BCUT2D eigenvalue weighted by atomic mass is 16.3. The molecule has 88 valence electrons. The van der Waals surface area contributed by atoms with Crippen molar-refractivity contribution in [3.63, 3.8) is 0 Å². The second-order valence-electron chi connectivity index (χ2n) is 4.78. The third-order valence-electron chi connectivity index (χ3n) is 2.51. The number of rotatable bonds is 2. The van der Waals surface area contributed by atoms with Crippen LogP contribution >= 0.6 is 0 Å². The number of hydrazone groups is 1. The van der Waals surface area contributed by atoms with E-state index in [-0.39, 0.29) is 11.3 Å². The fraction of sp³-hybridized carbons (Fsp3) is 0.500. The van der Waals surface area contributed by atoms with Crippen molar-refractivity contribution in [2.45, 2.75) is 34.6 Å². The molecule has 0 saturated heterocycles. The van der Waals surface area contributed by atoms with Crippen molar-refractivity contribution in [2.24, 2.45) is 10.5 Å². The van der Waals surface area contributed by atoms with Crippen LogP contribution in [0.15, 0.2) is 21.8 Å². The third-order valence-corrected chi connectivity index (χ3v) is 2.51. The van der Waals surface area contributed by atoms with E-state index in [9.17, 15) is 4.79 Å². The Hall–Kier alpha value is -1.58. The Kier molecular flexibility index (Phi) is 3.52. The van der Waals surface area contributed by atoms with E-state index in [1.807, 2.05) is 27.7 Å². The maximum Gasteiger partial charge on any atom is 0.274 e. The van der Waals surface area contributed by atoms with Gasteiger partial charge in [0.05, 0.1) is 11.8 Å². The summed E-state index contributed by atoms with van der Waals surface area (Å²) in [6.45, 7) is 9.76. The van der Waals surface area contributed by atoms with Crippen molar-refractivity contribution in [3.8, 4) is 0 Å². The lowest BCUT2D eigenvalue weighted by Crippen LogP contribution is -2.24. The van der Waals surface area contributed by atoms with Crippen LogP contribution in [0.4, 0.5) is 0 Å². The molecule has 0 aliphatic carbocycles. The summed E-state index contributed by atoms with van der Waals surface area (Å²) in [5.74, 6) is 0.357. The zero-order valence-electron chi connectivity index (χ0n) is 10.4. The number of aryl methyl sites for hydroxylation is 1. The predicted molar refractivity (Wildman–Crippen MR) is 63.5 cm³/mol. The van der Waals surface area contributed by atoms with E-state index in [1.54, 1.807) is 13.0 Å². The van der Waals surface area contributed by atoms with Gasteiger partial charge in [0.1, 0.15) is 5.76 Å². The number of amides is 1. The largest absolute Gasteiger partial charge is 0.469 e. The Morgan fingerprint density at radius 1 is 1.44 bits per heavy atom. The van der Waals surface area contributed by atoms with Gasteiger partial charge in [0.25, 0.3) is 5.91 Å². The molecule has 4 nitrogen and oxygen atoms in total. The van der Waals surface area contributed by atoms with Crippen molar-refractivity contribution in [1.29, 1.82) is 0 Å². The summed E-state index contributed by atoms with van der Waals surface area (Å²) in [5.41, 5.74) is 3.87. The molecule has 1 aromatic heterocycles. The quantitative estimate of drug-likeness (QED) is 0.618. The van der Waals surface area contributed by atoms with Gasteiger partial charge in [-0.05, 0) is 19.9 Å². The standard InChI is InChI=1S/C12H18N2O2/c1-8-10(6-7-16-8)11(15)14-13-9(2)12(3,4)5/h6-7H,1-5H3,(H,14,15)/b13-9+. The maximum atomic E-state index is 11.7. The lowest BCUT2D eigenvalue weighted by molar-refractivity contribution is 0.0953. The van der Waals surface area contributed by atoms with Crippen LogP contribution in [0.3, 0.4) is 0 Å². The molecule has 0 aliphatic rings. The van der Waals surface area contributed by atoms with Crippen LogP contribution in [0.25, 0.3) is 0 Å². The zero-order chi connectivity index (χ0) is 12.3. The SMILES string of the molecule is C/C(=N\NC(=O)c1ccoc1C)C(C)(C)C. The molecule has 16 heavy (non-hydrogen) atoms. The number of nitrogens with zero attached hydrogens (tertiary/aromatic N) is 1. The lowest BCUT2D eigenvalue weighted by Gasteiger charge is -2.17. The maximum absolute atomic E-state index is 11.7. The predicted octanol–water partition coefficient (Wildman–Crippen LogP) is 2.74. The van der Waals surface area contributed by atoms with Gasteiger partial charge in [-0.15, -0.1) is 0 Å². The fourth-order valence-electron chi connectivity index (χ4n) is 0.983.